The minimum Gasteiger partial charge on any atom is -0.464 e. The molecule has 0 spiro atoms. The number of nitro groups is 1. The van der Waals surface area contributed by atoms with Gasteiger partial charge >= 0.3 is 5.97 Å². The highest BCUT2D eigenvalue weighted by Gasteiger charge is 2.24. The lowest BCUT2D eigenvalue weighted by Crippen LogP contribution is -2.36. The van der Waals surface area contributed by atoms with E-state index in [9.17, 15) is 19.7 Å². The molecule has 0 bridgehead atoms. The normalized spacial score (nSPS) is 10.7. The van der Waals surface area contributed by atoms with Crippen molar-refractivity contribution in [2.45, 2.75) is 26.4 Å². The van der Waals surface area contributed by atoms with Crippen LogP contribution in [0.4, 0.5) is 5.69 Å². The number of non-ortho nitro benzene ring substituents is 1. The van der Waals surface area contributed by atoms with Gasteiger partial charge in [0.05, 0.1) is 29.2 Å². The number of aromatic nitrogens is 1. The topological polar surface area (TPSA) is 103 Å². The Morgan fingerprint density at radius 2 is 2.12 bits per heavy atom. The van der Waals surface area contributed by atoms with Gasteiger partial charge in [0, 0.05) is 23.6 Å². The van der Waals surface area contributed by atoms with Crippen LogP contribution < -0.4 is 0 Å². The van der Waals surface area contributed by atoms with Crippen LogP contribution in [0.2, 0.25) is 5.02 Å². The highest BCUT2D eigenvalue weighted by molar-refractivity contribution is 7.09. The molecule has 8 nitrogen and oxygen atoms in total. The molecule has 138 valence electrons. The minimum absolute atomic E-state index is 0.00392. The summed E-state index contributed by atoms with van der Waals surface area (Å²) < 4.78 is 4.62. The molecule has 0 aliphatic carbocycles. The minimum atomic E-state index is -0.579. The smallest absolute Gasteiger partial charge is 0.357 e. The molecule has 0 N–H and O–H groups in total. The van der Waals surface area contributed by atoms with Crippen molar-refractivity contribution < 1.29 is 19.2 Å². The van der Waals surface area contributed by atoms with E-state index in [0.29, 0.717) is 5.01 Å². The van der Waals surface area contributed by atoms with E-state index in [2.05, 4.69) is 9.72 Å². The standard InChI is InChI=1S/C16H16ClN3O5S/c1-9(2)19(7-14-18-13(8-26-14)16(22)25-3)15(21)11-5-4-10(20(23)24)6-12(11)17/h4-6,8-9H,7H2,1-3H3. The third-order valence-electron chi connectivity index (χ3n) is 3.53. The molecule has 2 rings (SSSR count). The molecule has 0 aliphatic rings. The number of carbonyl (C=O) groups excluding carboxylic acids is 2. The van der Waals surface area contributed by atoms with Gasteiger partial charge in [-0.1, -0.05) is 11.6 Å². The first-order valence-electron chi connectivity index (χ1n) is 7.52. The van der Waals surface area contributed by atoms with Crippen molar-refractivity contribution in [3.05, 3.63) is 55.0 Å². The largest absolute Gasteiger partial charge is 0.464 e. The third kappa shape index (κ3) is 4.36. The fourth-order valence-corrected chi connectivity index (χ4v) is 3.18. The molecule has 0 saturated carbocycles. The van der Waals surface area contributed by atoms with Gasteiger partial charge in [0.1, 0.15) is 5.01 Å². The summed E-state index contributed by atoms with van der Waals surface area (Å²) in [6, 6.07) is 3.53. The maximum atomic E-state index is 12.8. The second-order valence-electron chi connectivity index (χ2n) is 5.57. The predicted octanol–water partition coefficient (Wildman–Crippen LogP) is 3.54. The highest BCUT2D eigenvalue weighted by Crippen LogP contribution is 2.25. The molecule has 0 atom stereocenters. The van der Waals surface area contributed by atoms with Crippen molar-refractivity contribution in [3.63, 3.8) is 0 Å². The second-order valence-corrected chi connectivity index (χ2v) is 6.92. The Balaban J connectivity index is 2.26. The summed E-state index contributed by atoms with van der Waals surface area (Å²) in [4.78, 5) is 40.3. The Kier molecular flexibility index (Phi) is 6.27. The van der Waals surface area contributed by atoms with Crippen LogP contribution in [0.25, 0.3) is 0 Å². The van der Waals surface area contributed by atoms with Gasteiger partial charge in [-0.05, 0) is 19.9 Å². The SMILES string of the molecule is COC(=O)c1csc(CN(C(=O)c2ccc([N+](=O)[O-])cc2Cl)C(C)C)n1. The fraction of sp³-hybridized carbons (Fsp3) is 0.312. The van der Waals surface area contributed by atoms with Crippen LogP contribution in [-0.2, 0) is 11.3 Å². The van der Waals surface area contributed by atoms with E-state index in [1.807, 2.05) is 13.8 Å². The quantitative estimate of drug-likeness (QED) is 0.419. The number of benzene rings is 1. The number of methoxy groups -OCH3 is 1. The Labute approximate surface area is 158 Å². The molecule has 0 fully saturated rings. The van der Waals surface area contributed by atoms with Crippen molar-refractivity contribution in [2.75, 3.05) is 7.11 Å². The summed E-state index contributed by atoms with van der Waals surface area (Å²) in [7, 11) is 1.27. The van der Waals surface area contributed by atoms with Crippen molar-refractivity contribution >= 4 is 40.5 Å². The molecule has 2 aromatic rings. The van der Waals surface area contributed by atoms with E-state index >= 15 is 0 Å². The first-order chi connectivity index (χ1) is 12.2. The predicted molar refractivity (Wildman–Crippen MR) is 96.6 cm³/mol. The van der Waals surface area contributed by atoms with E-state index < -0.39 is 10.9 Å². The Morgan fingerprint density at radius 3 is 2.65 bits per heavy atom. The molecule has 1 aromatic heterocycles. The summed E-state index contributed by atoms with van der Waals surface area (Å²) in [5.41, 5.74) is 0.151. The van der Waals surface area contributed by atoms with Crippen molar-refractivity contribution in [1.82, 2.24) is 9.88 Å². The number of rotatable bonds is 6. The van der Waals surface area contributed by atoms with Gasteiger partial charge in [-0.15, -0.1) is 11.3 Å². The Hall–Kier alpha value is -2.52. The third-order valence-corrected chi connectivity index (χ3v) is 4.68. The summed E-state index contributed by atoms with van der Waals surface area (Å²) in [5.74, 6) is -0.928. The highest BCUT2D eigenvalue weighted by atomic mass is 35.5. The number of nitro benzene ring substituents is 1. The molecule has 26 heavy (non-hydrogen) atoms. The lowest BCUT2D eigenvalue weighted by molar-refractivity contribution is -0.384. The molecule has 0 saturated heterocycles. The number of hydrogen-bond donors (Lipinski definition) is 0. The first kappa shape index (κ1) is 19.8. The average molecular weight is 398 g/mol. The van der Waals surface area contributed by atoms with Crippen LogP contribution in [0.5, 0.6) is 0 Å². The fourth-order valence-electron chi connectivity index (χ4n) is 2.16. The average Bonchev–Trinajstić information content (AvgIpc) is 3.06. The van der Waals surface area contributed by atoms with Gasteiger partial charge in [0.2, 0.25) is 0 Å². The van der Waals surface area contributed by atoms with Crippen LogP contribution in [-0.4, -0.2) is 39.8 Å². The van der Waals surface area contributed by atoms with E-state index in [1.54, 1.807) is 5.38 Å². The molecule has 0 unspecified atom stereocenters. The van der Waals surface area contributed by atoms with Crippen LogP contribution in [0.15, 0.2) is 23.6 Å². The van der Waals surface area contributed by atoms with Crippen molar-refractivity contribution in [2.24, 2.45) is 0 Å². The second kappa shape index (κ2) is 8.24. The van der Waals surface area contributed by atoms with E-state index in [4.69, 9.17) is 11.6 Å². The molecular formula is C16H16ClN3O5S. The molecule has 1 heterocycles. The molecule has 1 amide bonds. The van der Waals surface area contributed by atoms with Crippen LogP contribution in [0.3, 0.4) is 0 Å². The first-order valence-corrected chi connectivity index (χ1v) is 8.78. The van der Waals surface area contributed by atoms with Gasteiger partial charge in [-0.2, -0.15) is 0 Å². The zero-order chi connectivity index (χ0) is 19.4. The summed E-state index contributed by atoms with van der Waals surface area (Å²) in [6.45, 7) is 3.82. The zero-order valence-electron chi connectivity index (χ0n) is 14.3. The lowest BCUT2D eigenvalue weighted by Gasteiger charge is -2.26. The number of amides is 1. The number of carbonyl (C=O) groups is 2. The molecule has 10 heteroatoms. The van der Waals surface area contributed by atoms with Crippen LogP contribution >= 0.6 is 22.9 Å². The van der Waals surface area contributed by atoms with Crippen molar-refractivity contribution in [1.29, 1.82) is 0 Å². The molecule has 0 aliphatic heterocycles. The van der Waals surface area contributed by atoms with Crippen LogP contribution in [0.1, 0.15) is 39.7 Å². The number of esters is 1. The number of thiazole rings is 1. The van der Waals surface area contributed by atoms with Gasteiger partial charge < -0.3 is 9.64 Å². The number of ether oxygens (including phenoxy) is 1. The van der Waals surface area contributed by atoms with Crippen molar-refractivity contribution in [3.8, 4) is 0 Å². The maximum Gasteiger partial charge on any atom is 0.357 e. The number of halogens is 1. The van der Waals surface area contributed by atoms with E-state index in [-0.39, 0.29) is 40.5 Å². The number of hydrogen-bond acceptors (Lipinski definition) is 7. The van der Waals surface area contributed by atoms with Gasteiger partial charge in [-0.25, -0.2) is 9.78 Å². The van der Waals surface area contributed by atoms with E-state index in [0.717, 1.165) is 6.07 Å². The summed E-state index contributed by atoms with van der Waals surface area (Å²) in [5, 5.41) is 12.9. The lowest BCUT2D eigenvalue weighted by atomic mass is 10.1. The molecule has 1 aromatic carbocycles. The summed E-state index contributed by atoms with van der Waals surface area (Å²) >= 11 is 7.29. The number of nitrogens with zero attached hydrogens (tertiary/aromatic N) is 3. The monoisotopic (exact) mass is 397 g/mol. The zero-order valence-corrected chi connectivity index (χ0v) is 15.8. The maximum absolute atomic E-state index is 12.8. The van der Waals surface area contributed by atoms with Gasteiger partial charge in [-0.3, -0.25) is 14.9 Å². The molecule has 0 radical (unpaired) electrons. The Morgan fingerprint density at radius 1 is 1.42 bits per heavy atom. The van der Waals surface area contributed by atoms with Gasteiger partial charge in [0.25, 0.3) is 11.6 Å². The van der Waals surface area contributed by atoms with E-state index in [1.165, 1.54) is 35.5 Å². The van der Waals surface area contributed by atoms with Crippen LogP contribution in [0, 0.1) is 10.1 Å². The Bertz CT molecular complexity index is 852. The van der Waals surface area contributed by atoms with Gasteiger partial charge in [0.15, 0.2) is 5.69 Å². The molecular weight excluding hydrogens is 382 g/mol. The summed E-state index contributed by atoms with van der Waals surface area (Å²) in [6.07, 6.45) is 0.